The minimum Gasteiger partial charge on any atom is -0.482 e. The lowest BCUT2D eigenvalue weighted by molar-refractivity contribution is -0.113. The second kappa shape index (κ2) is 10.4. The molecule has 0 bridgehead atoms. The number of benzene rings is 2. The van der Waals surface area contributed by atoms with Crippen LogP contribution in [0.15, 0.2) is 41.6 Å². The Labute approximate surface area is 196 Å². The van der Waals surface area contributed by atoms with E-state index in [4.69, 9.17) is 27.9 Å². The Balaban J connectivity index is 1.68. The summed E-state index contributed by atoms with van der Waals surface area (Å²) in [5, 5.41) is 12.8. The Bertz CT molecular complexity index is 1070. The summed E-state index contributed by atoms with van der Waals surface area (Å²) in [5.74, 6) is 1.45. The van der Waals surface area contributed by atoms with Crippen molar-refractivity contribution in [2.75, 3.05) is 11.1 Å². The number of amides is 1. The third-order valence-corrected chi connectivity index (χ3v) is 6.44. The van der Waals surface area contributed by atoms with Gasteiger partial charge in [-0.3, -0.25) is 4.79 Å². The topological polar surface area (TPSA) is 69.0 Å². The Morgan fingerprint density at radius 1 is 1.16 bits per heavy atom. The summed E-state index contributed by atoms with van der Waals surface area (Å²) in [6, 6.07) is 11.0. The number of hydrogen-bond donors (Lipinski definition) is 1. The highest BCUT2D eigenvalue weighted by Crippen LogP contribution is 2.31. The van der Waals surface area contributed by atoms with Crippen molar-refractivity contribution in [1.29, 1.82) is 0 Å². The zero-order valence-electron chi connectivity index (χ0n) is 17.8. The van der Waals surface area contributed by atoms with Crippen LogP contribution in [-0.4, -0.2) is 26.4 Å². The molecule has 31 heavy (non-hydrogen) atoms. The molecule has 1 N–H and O–H groups in total. The van der Waals surface area contributed by atoms with Crippen molar-refractivity contribution in [1.82, 2.24) is 14.8 Å². The molecule has 0 aliphatic heterocycles. The zero-order valence-corrected chi connectivity index (χ0v) is 20.1. The van der Waals surface area contributed by atoms with Crippen molar-refractivity contribution in [3.05, 3.63) is 63.4 Å². The standard InChI is InChI=1S/C22H24Cl2N4O2S/c1-5-28-21(15(4)30-18-11-6-8-13(2)14(18)3)26-27-22(28)31-12-19(29)25-20-16(23)9-7-10-17(20)24/h6-11,15H,5,12H2,1-4H3,(H,25,29). The molecular formula is C22H24Cl2N4O2S. The van der Waals surface area contributed by atoms with Crippen LogP contribution < -0.4 is 10.1 Å². The Morgan fingerprint density at radius 3 is 2.52 bits per heavy atom. The van der Waals surface area contributed by atoms with Gasteiger partial charge in [0.2, 0.25) is 5.91 Å². The van der Waals surface area contributed by atoms with Crippen LogP contribution in [0.1, 0.15) is 36.9 Å². The number of aryl methyl sites for hydroxylation is 1. The van der Waals surface area contributed by atoms with E-state index in [0.717, 1.165) is 11.3 Å². The van der Waals surface area contributed by atoms with E-state index in [0.29, 0.717) is 33.3 Å². The lowest BCUT2D eigenvalue weighted by Crippen LogP contribution is -2.16. The van der Waals surface area contributed by atoms with Gasteiger partial charge in [0.05, 0.1) is 21.5 Å². The van der Waals surface area contributed by atoms with Gasteiger partial charge in [0.1, 0.15) is 5.75 Å². The highest BCUT2D eigenvalue weighted by molar-refractivity contribution is 7.99. The fraction of sp³-hybridized carbons (Fsp3) is 0.318. The van der Waals surface area contributed by atoms with Gasteiger partial charge in [-0.25, -0.2) is 0 Å². The summed E-state index contributed by atoms with van der Waals surface area (Å²) >= 11 is 13.5. The minimum atomic E-state index is -0.293. The van der Waals surface area contributed by atoms with Gasteiger partial charge < -0.3 is 14.6 Å². The summed E-state index contributed by atoms with van der Waals surface area (Å²) in [6.07, 6.45) is -0.293. The highest BCUT2D eigenvalue weighted by atomic mass is 35.5. The number of anilines is 1. The lowest BCUT2D eigenvalue weighted by atomic mass is 10.1. The number of nitrogens with one attached hydrogen (secondary N) is 1. The maximum absolute atomic E-state index is 12.4. The average molecular weight is 479 g/mol. The largest absolute Gasteiger partial charge is 0.482 e. The van der Waals surface area contributed by atoms with Gasteiger partial charge in [-0.2, -0.15) is 0 Å². The second-order valence-corrected chi connectivity index (χ2v) is 8.73. The lowest BCUT2D eigenvalue weighted by Gasteiger charge is -2.17. The van der Waals surface area contributed by atoms with Crippen molar-refractivity contribution >= 4 is 46.6 Å². The van der Waals surface area contributed by atoms with E-state index in [1.165, 1.54) is 17.3 Å². The van der Waals surface area contributed by atoms with Crippen molar-refractivity contribution in [3.8, 4) is 5.75 Å². The number of carbonyl (C=O) groups excluding carboxylic acids is 1. The van der Waals surface area contributed by atoms with Crippen LogP contribution >= 0.6 is 35.0 Å². The van der Waals surface area contributed by atoms with Crippen LogP contribution in [0.25, 0.3) is 0 Å². The number of rotatable bonds is 8. The molecule has 164 valence electrons. The smallest absolute Gasteiger partial charge is 0.234 e. The first-order valence-corrected chi connectivity index (χ1v) is 11.6. The van der Waals surface area contributed by atoms with Crippen molar-refractivity contribution < 1.29 is 9.53 Å². The zero-order chi connectivity index (χ0) is 22.5. The van der Waals surface area contributed by atoms with E-state index in [1.807, 2.05) is 37.5 Å². The monoisotopic (exact) mass is 478 g/mol. The molecule has 1 aromatic heterocycles. The second-order valence-electron chi connectivity index (χ2n) is 6.98. The predicted molar refractivity (Wildman–Crippen MR) is 126 cm³/mol. The molecule has 1 unspecified atom stereocenters. The predicted octanol–water partition coefficient (Wildman–Crippen LogP) is 6.09. The molecule has 1 heterocycles. The van der Waals surface area contributed by atoms with Crippen LogP contribution in [0.5, 0.6) is 5.75 Å². The van der Waals surface area contributed by atoms with Gasteiger partial charge in [-0.05, 0) is 57.0 Å². The van der Waals surface area contributed by atoms with Gasteiger partial charge in [-0.15, -0.1) is 10.2 Å². The molecule has 1 amide bonds. The van der Waals surface area contributed by atoms with Crippen LogP contribution in [0, 0.1) is 13.8 Å². The Morgan fingerprint density at radius 2 is 1.84 bits per heavy atom. The molecule has 3 aromatic rings. The SMILES string of the molecule is CCn1c(SCC(=O)Nc2c(Cl)cccc2Cl)nnc1C(C)Oc1cccc(C)c1C. The summed E-state index contributed by atoms with van der Waals surface area (Å²) < 4.78 is 8.11. The average Bonchev–Trinajstić information content (AvgIpc) is 3.15. The third kappa shape index (κ3) is 5.53. The first-order chi connectivity index (χ1) is 14.8. The molecule has 0 fully saturated rings. The Kier molecular flexibility index (Phi) is 7.86. The van der Waals surface area contributed by atoms with Crippen molar-refractivity contribution in [3.63, 3.8) is 0 Å². The van der Waals surface area contributed by atoms with Crippen LogP contribution in [0.2, 0.25) is 10.0 Å². The fourth-order valence-electron chi connectivity index (χ4n) is 3.02. The minimum absolute atomic E-state index is 0.145. The number of halogens is 2. The first-order valence-electron chi connectivity index (χ1n) is 9.84. The number of carbonyl (C=O) groups is 1. The molecule has 0 aliphatic carbocycles. The van der Waals surface area contributed by atoms with E-state index in [-0.39, 0.29) is 17.8 Å². The molecule has 3 rings (SSSR count). The number of nitrogens with zero attached hydrogens (tertiary/aromatic N) is 3. The summed E-state index contributed by atoms with van der Waals surface area (Å²) in [6.45, 7) is 8.69. The quantitative estimate of drug-likeness (QED) is 0.396. The molecule has 0 saturated carbocycles. The van der Waals surface area contributed by atoms with E-state index in [2.05, 4.69) is 28.5 Å². The van der Waals surface area contributed by atoms with Crippen LogP contribution in [0.4, 0.5) is 5.69 Å². The fourth-order valence-corrected chi connectivity index (χ4v) is 4.32. The van der Waals surface area contributed by atoms with E-state index < -0.39 is 0 Å². The highest BCUT2D eigenvalue weighted by Gasteiger charge is 2.20. The number of hydrogen-bond acceptors (Lipinski definition) is 5. The molecular weight excluding hydrogens is 455 g/mol. The molecule has 9 heteroatoms. The molecule has 0 radical (unpaired) electrons. The molecule has 2 aromatic carbocycles. The molecule has 0 saturated heterocycles. The van der Waals surface area contributed by atoms with Gasteiger partial charge in [0, 0.05) is 6.54 Å². The summed E-state index contributed by atoms with van der Waals surface area (Å²) in [7, 11) is 0. The number of thioether (sulfide) groups is 1. The molecule has 0 aliphatic rings. The van der Waals surface area contributed by atoms with Crippen molar-refractivity contribution in [2.24, 2.45) is 0 Å². The molecule has 0 spiro atoms. The van der Waals surface area contributed by atoms with Crippen LogP contribution in [0.3, 0.4) is 0 Å². The third-order valence-electron chi connectivity index (χ3n) is 4.84. The normalized spacial score (nSPS) is 11.9. The maximum atomic E-state index is 12.4. The van der Waals surface area contributed by atoms with Gasteiger partial charge in [0.25, 0.3) is 0 Å². The van der Waals surface area contributed by atoms with E-state index in [1.54, 1.807) is 18.2 Å². The number of ether oxygens (including phenoxy) is 1. The van der Waals surface area contributed by atoms with Crippen LogP contribution in [-0.2, 0) is 11.3 Å². The Hall–Kier alpha value is -2.22. The van der Waals surface area contributed by atoms with E-state index >= 15 is 0 Å². The number of para-hydroxylation sites is 1. The maximum Gasteiger partial charge on any atom is 0.234 e. The first kappa shape index (κ1) is 23.4. The van der Waals surface area contributed by atoms with Gasteiger partial charge >= 0.3 is 0 Å². The summed E-state index contributed by atoms with van der Waals surface area (Å²) in [5.41, 5.74) is 2.67. The number of aromatic nitrogens is 3. The van der Waals surface area contributed by atoms with Gasteiger partial charge in [-0.1, -0.05) is 53.2 Å². The molecule has 6 nitrogen and oxygen atoms in total. The summed E-state index contributed by atoms with van der Waals surface area (Å²) in [4.78, 5) is 12.4. The van der Waals surface area contributed by atoms with E-state index in [9.17, 15) is 4.79 Å². The van der Waals surface area contributed by atoms with Crippen molar-refractivity contribution in [2.45, 2.75) is 45.5 Å². The van der Waals surface area contributed by atoms with Gasteiger partial charge in [0.15, 0.2) is 17.1 Å². The molecule has 1 atom stereocenters.